The summed E-state index contributed by atoms with van der Waals surface area (Å²) in [7, 11) is 0. The molecule has 5 rings (SSSR count). The van der Waals surface area contributed by atoms with E-state index in [1.54, 1.807) is 6.20 Å². The fraction of sp³-hybridized carbons (Fsp3) is 0.320. The Morgan fingerprint density at radius 3 is 2.24 bits per heavy atom. The Morgan fingerprint density at radius 1 is 0.879 bits per heavy atom. The zero-order valence-corrected chi connectivity index (χ0v) is 19.2. The third kappa shape index (κ3) is 4.91. The van der Waals surface area contributed by atoms with Gasteiger partial charge in [-0.1, -0.05) is 59.9 Å². The van der Waals surface area contributed by atoms with Crippen molar-refractivity contribution in [3.8, 4) is 0 Å². The van der Waals surface area contributed by atoms with E-state index in [4.69, 9.17) is 0 Å². The first-order valence-corrected chi connectivity index (χ1v) is 12.1. The van der Waals surface area contributed by atoms with Gasteiger partial charge in [-0.05, 0) is 17.7 Å². The Kier molecular flexibility index (Phi) is 6.37. The van der Waals surface area contributed by atoms with Crippen molar-refractivity contribution in [2.24, 2.45) is 0 Å². The van der Waals surface area contributed by atoms with Gasteiger partial charge in [0.05, 0.1) is 6.20 Å². The summed E-state index contributed by atoms with van der Waals surface area (Å²) >= 11 is 1.40. The molecule has 2 fully saturated rings. The van der Waals surface area contributed by atoms with Crippen molar-refractivity contribution in [2.75, 3.05) is 44.6 Å². The molecule has 3 aromatic rings. The fourth-order valence-corrected chi connectivity index (χ4v) is 5.07. The van der Waals surface area contributed by atoms with Crippen LogP contribution < -0.4 is 5.32 Å². The molecule has 8 heteroatoms. The van der Waals surface area contributed by atoms with E-state index >= 15 is 0 Å². The van der Waals surface area contributed by atoms with Crippen LogP contribution >= 0.6 is 11.3 Å². The molecule has 2 saturated heterocycles. The van der Waals surface area contributed by atoms with E-state index < -0.39 is 0 Å². The number of rotatable bonds is 6. The Morgan fingerprint density at radius 2 is 1.55 bits per heavy atom. The number of hydrogen-bond donors (Lipinski definition) is 1. The van der Waals surface area contributed by atoms with Crippen LogP contribution in [0.2, 0.25) is 0 Å². The van der Waals surface area contributed by atoms with Crippen LogP contribution in [0.3, 0.4) is 0 Å². The lowest BCUT2D eigenvalue weighted by atomic mass is 10.1. The van der Waals surface area contributed by atoms with E-state index in [1.165, 1.54) is 16.9 Å². The van der Waals surface area contributed by atoms with E-state index in [2.05, 4.69) is 27.3 Å². The van der Waals surface area contributed by atoms with Crippen molar-refractivity contribution in [1.29, 1.82) is 0 Å². The molecule has 33 heavy (non-hydrogen) atoms. The molecular formula is C25H27N5O2S. The van der Waals surface area contributed by atoms with Crippen LogP contribution in [0.15, 0.2) is 66.9 Å². The van der Waals surface area contributed by atoms with Crippen molar-refractivity contribution in [2.45, 2.75) is 12.6 Å². The molecule has 2 aromatic carbocycles. The van der Waals surface area contributed by atoms with Crippen LogP contribution in [0, 0.1) is 0 Å². The molecule has 170 valence electrons. The summed E-state index contributed by atoms with van der Waals surface area (Å²) in [5.41, 5.74) is 1.92. The lowest BCUT2D eigenvalue weighted by molar-refractivity contribution is 0.00878. The van der Waals surface area contributed by atoms with Crippen LogP contribution in [0.25, 0.3) is 0 Å². The number of likely N-dealkylation sites (tertiary alicyclic amines) is 1. The van der Waals surface area contributed by atoms with E-state index in [0.29, 0.717) is 17.5 Å². The summed E-state index contributed by atoms with van der Waals surface area (Å²) < 4.78 is 0. The van der Waals surface area contributed by atoms with Gasteiger partial charge in [-0.3, -0.25) is 14.5 Å². The maximum Gasteiger partial charge on any atom is 0.265 e. The van der Waals surface area contributed by atoms with Gasteiger partial charge in [0, 0.05) is 57.4 Å². The highest BCUT2D eigenvalue weighted by Crippen LogP contribution is 2.25. The number of thiazole rings is 1. The summed E-state index contributed by atoms with van der Waals surface area (Å²) in [5, 5.41) is 4.06. The smallest absolute Gasteiger partial charge is 0.265 e. The SMILES string of the molecule is O=C(c1ccccc1)N1CCN(C2CN(C(=O)c3cnc(NCc4ccccc4)s3)C2)CC1. The predicted molar refractivity (Wildman–Crippen MR) is 129 cm³/mol. The Labute approximate surface area is 197 Å². The molecule has 0 saturated carbocycles. The first kappa shape index (κ1) is 21.6. The monoisotopic (exact) mass is 461 g/mol. The molecule has 7 nitrogen and oxygen atoms in total. The molecule has 2 aliphatic rings. The molecule has 0 aliphatic carbocycles. The zero-order chi connectivity index (χ0) is 22.6. The van der Waals surface area contributed by atoms with Crippen molar-refractivity contribution >= 4 is 28.3 Å². The molecule has 0 radical (unpaired) electrons. The number of anilines is 1. The van der Waals surface area contributed by atoms with E-state index in [1.807, 2.05) is 58.3 Å². The standard InChI is InChI=1S/C25H27N5O2S/c31-23(20-9-5-2-6-10-20)29-13-11-28(12-14-29)21-17-30(18-21)24(32)22-16-27-25(33-22)26-15-19-7-3-1-4-8-19/h1-10,16,21H,11-15,17-18H2,(H,26,27). The number of carbonyl (C=O) groups excluding carboxylic acids is 2. The minimum Gasteiger partial charge on any atom is -0.357 e. The maximum absolute atomic E-state index is 12.8. The van der Waals surface area contributed by atoms with Crippen molar-refractivity contribution in [1.82, 2.24) is 19.7 Å². The largest absolute Gasteiger partial charge is 0.357 e. The van der Waals surface area contributed by atoms with Crippen molar-refractivity contribution < 1.29 is 9.59 Å². The van der Waals surface area contributed by atoms with Gasteiger partial charge in [0.1, 0.15) is 4.88 Å². The number of carbonyl (C=O) groups is 2. The van der Waals surface area contributed by atoms with E-state index in [9.17, 15) is 9.59 Å². The predicted octanol–water partition coefficient (Wildman–Crippen LogP) is 3.04. The molecule has 0 spiro atoms. The number of benzene rings is 2. The highest BCUT2D eigenvalue weighted by molar-refractivity contribution is 7.17. The van der Waals surface area contributed by atoms with E-state index in [-0.39, 0.29) is 11.8 Å². The molecule has 2 amide bonds. The number of nitrogens with zero attached hydrogens (tertiary/aromatic N) is 4. The lowest BCUT2D eigenvalue weighted by Gasteiger charge is -2.48. The quantitative estimate of drug-likeness (QED) is 0.611. The maximum atomic E-state index is 12.8. The van der Waals surface area contributed by atoms with Gasteiger partial charge in [0.15, 0.2) is 5.13 Å². The molecule has 0 unspecified atom stereocenters. The summed E-state index contributed by atoms with van der Waals surface area (Å²) in [6.45, 7) is 5.30. The molecule has 0 bridgehead atoms. The van der Waals surface area contributed by atoms with Gasteiger partial charge in [-0.2, -0.15) is 0 Å². The second-order valence-corrected chi connectivity index (χ2v) is 9.46. The third-order valence-corrected chi connectivity index (χ3v) is 7.23. The molecular weight excluding hydrogens is 434 g/mol. The van der Waals surface area contributed by atoms with Crippen LogP contribution in [-0.2, 0) is 6.54 Å². The lowest BCUT2D eigenvalue weighted by Crippen LogP contribution is -2.64. The molecule has 3 heterocycles. The Hall–Kier alpha value is -3.23. The number of nitrogens with one attached hydrogen (secondary N) is 1. The van der Waals surface area contributed by atoms with Crippen LogP contribution in [-0.4, -0.2) is 76.8 Å². The number of piperazine rings is 1. The second-order valence-electron chi connectivity index (χ2n) is 8.43. The van der Waals surface area contributed by atoms with Crippen LogP contribution in [0.4, 0.5) is 5.13 Å². The van der Waals surface area contributed by atoms with Crippen molar-refractivity contribution in [3.05, 3.63) is 82.9 Å². The minimum absolute atomic E-state index is 0.0504. The average Bonchev–Trinajstić information content (AvgIpc) is 3.32. The topological polar surface area (TPSA) is 68.8 Å². The van der Waals surface area contributed by atoms with Crippen LogP contribution in [0.1, 0.15) is 25.6 Å². The van der Waals surface area contributed by atoms with Gasteiger partial charge in [0.2, 0.25) is 0 Å². The highest BCUT2D eigenvalue weighted by Gasteiger charge is 2.37. The van der Waals surface area contributed by atoms with Gasteiger partial charge in [0.25, 0.3) is 11.8 Å². The third-order valence-electron chi connectivity index (χ3n) is 6.29. The second kappa shape index (κ2) is 9.72. The first-order valence-electron chi connectivity index (χ1n) is 11.3. The van der Waals surface area contributed by atoms with Gasteiger partial charge < -0.3 is 15.1 Å². The molecule has 1 aromatic heterocycles. The summed E-state index contributed by atoms with van der Waals surface area (Å²) in [5.74, 6) is 0.150. The normalized spacial score (nSPS) is 17.0. The summed E-state index contributed by atoms with van der Waals surface area (Å²) in [4.78, 5) is 36.7. The summed E-state index contributed by atoms with van der Waals surface area (Å²) in [6, 6.07) is 20.0. The summed E-state index contributed by atoms with van der Waals surface area (Å²) in [6.07, 6.45) is 1.67. The average molecular weight is 462 g/mol. The number of aromatic nitrogens is 1. The minimum atomic E-state index is 0.0504. The Bertz CT molecular complexity index is 1090. The van der Waals surface area contributed by atoms with Gasteiger partial charge in [-0.15, -0.1) is 0 Å². The fourth-order valence-electron chi connectivity index (χ4n) is 4.29. The van der Waals surface area contributed by atoms with Crippen molar-refractivity contribution in [3.63, 3.8) is 0 Å². The number of amides is 2. The number of hydrogen-bond acceptors (Lipinski definition) is 6. The zero-order valence-electron chi connectivity index (χ0n) is 18.4. The molecule has 1 N–H and O–H groups in total. The molecule has 0 atom stereocenters. The van der Waals surface area contributed by atoms with Gasteiger partial charge in [-0.25, -0.2) is 4.98 Å². The highest BCUT2D eigenvalue weighted by atomic mass is 32.1. The van der Waals surface area contributed by atoms with E-state index in [0.717, 1.165) is 50.0 Å². The van der Waals surface area contributed by atoms with Gasteiger partial charge >= 0.3 is 0 Å². The van der Waals surface area contributed by atoms with Crippen LogP contribution in [0.5, 0.6) is 0 Å². The first-order chi connectivity index (χ1) is 16.2. The molecule has 2 aliphatic heterocycles. The Balaban J connectivity index is 1.07.